The molecule has 5 nitrogen and oxygen atoms in total. The molecule has 0 amide bonds. The Labute approximate surface area is 166 Å². The molecule has 2 aromatic carbocycles. The lowest BCUT2D eigenvalue weighted by Gasteiger charge is -2.21. The van der Waals surface area contributed by atoms with Gasteiger partial charge in [0, 0.05) is 35.0 Å². The van der Waals surface area contributed by atoms with Crippen LogP contribution in [-0.4, -0.2) is 15.7 Å². The highest BCUT2D eigenvalue weighted by molar-refractivity contribution is 7.98. The van der Waals surface area contributed by atoms with E-state index in [9.17, 15) is 8.78 Å². The molecule has 8 heteroatoms. The Morgan fingerprint density at radius 1 is 1.11 bits per heavy atom. The van der Waals surface area contributed by atoms with E-state index in [1.54, 1.807) is 0 Å². The lowest BCUT2D eigenvalue weighted by atomic mass is 10.0. The average Bonchev–Trinajstić information content (AvgIpc) is 3.18. The highest BCUT2D eigenvalue weighted by atomic mass is 32.2. The first kappa shape index (κ1) is 18.5. The van der Waals surface area contributed by atoms with Crippen LogP contribution in [-0.2, 0) is 0 Å². The predicted octanol–water partition coefficient (Wildman–Crippen LogP) is 5.97. The van der Waals surface area contributed by atoms with Gasteiger partial charge < -0.3 is 10.6 Å². The first-order chi connectivity index (χ1) is 13.5. The Morgan fingerprint density at radius 3 is 2.57 bits per heavy atom. The van der Waals surface area contributed by atoms with Crippen LogP contribution in [0.2, 0.25) is 0 Å². The molecule has 144 valence electrons. The van der Waals surface area contributed by atoms with Gasteiger partial charge >= 0.3 is 6.55 Å². The summed E-state index contributed by atoms with van der Waals surface area (Å²) in [5.41, 5.74) is 4.41. The van der Waals surface area contributed by atoms with E-state index in [0.29, 0.717) is 22.1 Å². The SMILES string of the molecule is CC(C)c1ccc(NC2=NSc3cccc(-c4cnn(C(F)F)c4)c3N2)cc1. The molecule has 0 bridgehead atoms. The van der Waals surface area contributed by atoms with E-state index in [4.69, 9.17) is 0 Å². The lowest BCUT2D eigenvalue weighted by Crippen LogP contribution is -2.24. The number of benzene rings is 2. The lowest BCUT2D eigenvalue weighted by molar-refractivity contribution is 0.0566. The summed E-state index contributed by atoms with van der Waals surface area (Å²) >= 11 is 1.33. The third kappa shape index (κ3) is 3.73. The third-order valence-electron chi connectivity index (χ3n) is 4.46. The number of anilines is 2. The van der Waals surface area contributed by atoms with Crippen molar-refractivity contribution in [3.63, 3.8) is 0 Å². The van der Waals surface area contributed by atoms with Crippen LogP contribution < -0.4 is 10.6 Å². The molecule has 0 atom stereocenters. The van der Waals surface area contributed by atoms with Gasteiger partial charge in [0.25, 0.3) is 0 Å². The summed E-state index contributed by atoms with van der Waals surface area (Å²) in [6.07, 6.45) is 2.79. The Bertz CT molecular complexity index is 1010. The second-order valence-corrected chi connectivity index (χ2v) is 7.53. The predicted molar refractivity (Wildman–Crippen MR) is 110 cm³/mol. The molecule has 2 N–H and O–H groups in total. The second kappa shape index (κ2) is 7.63. The topological polar surface area (TPSA) is 54.2 Å². The Morgan fingerprint density at radius 2 is 1.89 bits per heavy atom. The van der Waals surface area contributed by atoms with Crippen LogP contribution >= 0.6 is 11.9 Å². The van der Waals surface area contributed by atoms with Crippen LogP contribution in [0.25, 0.3) is 11.1 Å². The Balaban J connectivity index is 1.57. The number of fused-ring (bicyclic) bond motifs is 1. The van der Waals surface area contributed by atoms with Gasteiger partial charge in [-0.1, -0.05) is 38.1 Å². The van der Waals surface area contributed by atoms with E-state index in [1.165, 1.54) is 29.9 Å². The van der Waals surface area contributed by atoms with Crippen molar-refractivity contribution >= 4 is 29.3 Å². The number of hydrogen-bond acceptors (Lipinski definition) is 5. The van der Waals surface area contributed by atoms with Gasteiger partial charge in [0.2, 0.25) is 5.96 Å². The van der Waals surface area contributed by atoms with E-state index in [-0.39, 0.29) is 0 Å². The minimum absolute atomic E-state index is 0.471. The molecule has 0 unspecified atom stereocenters. The molecule has 0 spiro atoms. The summed E-state index contributed by atoms with van der Waals surface area (Å²) in [7, 11) is 0. The molecule has 1 aliphatic rings. The molecule has 0 aliphatic carbocycles. The van der Waals surface area contributed by atoms with Crippen LogP contribution in [0.4, 0.5) is 20.2 Å². The van der Waals surface area contributed by atoms with E-state index >= 15 is 0 Å². The van der Waals surface area contributed by atoms with Gasteiger partial charge in [0.05, 0.1) is 16.8 Å². The molecule has 0 saturated carbocycles. The molecular formula is C20H19F2N5S. The smallest absolute Gasteiger partial charge is 0.325 e. The summed E-state index contributed by atoms with van der Waals surface area (Å²) in [6, 6.07) is 13.9. The number of hydrogen-bond donors (Lipinski definition) is 2. The van der Waals surface area contributed by atoms with Gasteiger partial charge in [0.15, 0.2) is 0 Å². The first-order valence-corrected chi connectivity index (χ1v) is 9.63. The maximum atomic E-state index is 12.9. The maximum absolute atomic E-state index is 12.9. The van der Waals surface area contributed by atoms with Gasteiger partial charge in [0.1, 0.15) is 0 Å². The molecule has 2 heterocycles. The largest absolute Gasteiger partial charge is 0.333 e. The summed E-state index contributed by atoms with van der Waals surface area (Å²) in [5, 5.41) is 10.3. The van der Waals surface area contributed by atoms with Gasteiger partial charge in [-0.15, -0.1) is 0 Å². The fourth-order valence-corrected chi connectivity index (χ4v) is 3.61. The van der Waals surface area contributed by atoms with Crippen LogP contribution in [0, 0.1) is 0 Å². The first-order valence-electron chi connectivity index (χ1n) is 8.86. The van der Waals surface area contributed by atoms with Gasteiger partial charge in [-0.25, -0.2) is 4.68 Å². The molecule has 4 rings (SSSR count). The zero-order valence-corrected chi connectivity index (χ0v) is 16.2. The maximum Gasteiger partial charge on any atom is 0.333 e. The molecule has 1 aliphatic heterocycles. The normalized spacial score (nSPS) is 13.3. The summed E-state index contributed by atoms with van der Waals surface area (Å²) in [6.45, 7) is 1.64. The number of nitrogens with zero attached hydrogens (tertiary/aromatic N) is 3. The van der Waals surface area contributed by atoms with Crippen molar-refractivity contribution in [2.45, 2.75) is 31.2 Å². The minimum Gasteiger partial charge on any atom is -0.325 e. The molecule has 0 fully saturated rings. The number of guanidine groups is 1. The van der Waals surface area contributed by atoms with E-state index in [1.807, 2.05) is 30.3 Å². The molecular weight excluding hydrogens is 380 g/mol. The quantitative estimate of drug-likeness (QED) is 0.531. The summed E-state index contributed by atoms with van der Waals surface area (Å²) < 4.78 is 30.8. The number of aromatic nitrogens is 2. The summed E-state index contributed by atoms with van der Waals surface area (Å²) in [4.78, 5) is 0.919. The van der Waals surface area contributed by atoms with Crippen LogP contribution in [0.5, 0.6) is 0 Å². The number of alkyl halides is 2. The van der Waals surface area contributed by atoms with Crippen molar-refractivity contribution in [1.29, 1.82) is 0 Å². The van der Waals surface area contributed by atoms with Crippen molar-refractivity contribution in [2.24, 2.45) is 4.40 Å². The zero-order chi connectivity index (χ0) is 19.7. The van der Waals surface area contributed by atoms with Crippen molar-refractivity contribution in [1.82, 2.24) is 9.78 Å². The molecule has 28 heavy (non-hydrogen) atoms. The average molecular weight is 399 g/mol. The molecule has 0 saturated heterocycles. The fourth-order valence-electron chi connectivity index (χ4n) is 2.94. The van der Waals surface area contributed by atoms with E-state index in [2.05, 4.69) is 46.1 Å². The fraction of sp³-hybridized carbons (Fsp3) is 0.200. The monoisotopic (exact) mass is 399 g/mol. The van der Waals surface area contributed by atoms with Crippen molar-refractivity contribution in [2.75, 3.05) is 10.6 Å². The van der Waals surface area contributed by atoms with Gasteiger partial charge in [-0.05, 0) is 29.7 Å². The summed E-state index contributed by atoms with van der Waals surface area (Å²) in [5.74, 6) is 1.06. The highest BCUT2D eigenvalue weighted by Crippen LogP contribution is 2.39. The number of para-hydroxylation sites is 1. The Kier molecular flexibility index (Phi) is 5.04. The molecule has 0 radical (unpaired) electrons. The van der Waals surface area contributed by atoms with Crippen molar-refractivity contribution < 1.29 is 8.78 Å². The van der Waals surface area contributed by atoms with Gasteiger partial charge in [-0.3, -0.25) is 0 Å². The highest BCUT2D eigenvalue weighted by Gasteiger charge is 2.19. The van der Waals surface area contributed by atoms with Crippen LogP contribution in [0.1, 0.15) is 31.9 Å². The van der Waals surface area contributed by atoms with Crippen LogP contribution in [0.15, 0.2) is 64.2 Å². The number of rotatable bonds is 4. The number of halogens is 2. The van der Waals surface area contributed by atoms with Gasteiger partial charge in [-0.2, -0.15) is 18.3 Å². The molecule has 3 aromatic rings. The van der Waals surface area contributed by atoms with E-state index < -0.39 is 6.55 Å². The number of nitrogens with one attached hydrogen (secondary N) is 2. The van der Waals surface area contributed by atoms with Crippen molar-refractivity contribution in [3.05, 3.63) is 60.4 Å². The van der Waals surface area contributed by atoms with E-state index in [0.717, 1.165) is 21.8 Å². The zero-order valence-electron chi connectivity index (χ0n) is 15.4. The second-order valence-electron chi connectivity index (χ2n) is 6.72. The Hall–Kier alpha value is -2.87. The third-order valence-corrected chi connectivity index (χ3v) is 5.27. The van der Waals surface area contributed by atoms with Crippen LogP contribution in [0.3, 0.4) is 0 Å². The van der Waals surface area contributed by atoms with Crippen molar-refractivity contribution in [3.8, 4) is 11.1 Å². The molecule has 1 aromatic heterocycles. The standard InChI is InChI=1S/C20H19F2N5S/c1-12(2)13-6-8-15(9-7-13)24-20-25-18-16(4-3-5-17(18)28-26-20)14-10-23-27(11-14)19(21)22/h3-12,19H,1-2H3,(H2,24,25,26). The minimum atomic E-state index is -2.66.